The van der Waals surface area contributed by atoms with Gasteiger partial charge in [-0.1, -0.05) is 0 Å². The fourth-order valence-corrected chi connectivity index (χ4v) is 6.15. The molecule has 0 saturated carbocycles. The average molecular weight is 404 g/mol. The van der Waals surface area contributed by atoms with Crippen molar-refractivity contribution in [1.29, 1.82) is 0 Å². The van der Waals surface area contributed by atoms with E-state index in [1.807, 2.05) is 19.0 Å². The maximum absolute atomic E-state index is 12.6. The van der Waals surface area contributed by atoms with Crippen LogP contribution in [0.4, 0.5) is 5.69 Å². The summed E-state index contributed by atoms with van der Waals surface area (Å²) in [5, 5.41) is 0. The molecule has 0 radical (unpaired) electrons. The Morgan fingerprint density at radius 3 is 2.46 bits per heavy atom. The molecule has 0 amide bonds. The molecule has 0 atom stereocenters. The van der Waals surface area contributed by atoms with Gasteiger partial charge in [-0.3, -0.25) is 4.31 Å². The van der Waals surface area contributed by atoms with E-state index in [2.05, 4.69) is 4.72 Å². The number of nitrogens with zero attached hydrogens (tertiary/aromatic N) is 2. The van der Waals surface area contributed by atoms with Crippen LogP contribution < -0.4 is 9.03 Å². The first kappa shape index (κ1) is 21.1. The van der Waals surface area contributed by atoms with Crippen molar-refractivity contribution >= 4 is 25.7 Å². The van der Waals surface area contributed by atoms with Gasteiger partial charge >= 0.3 is 0 Å². The molecule has 1 heterocycles. The first-order valence-corrected chi connectivity index (χ1v) is 11.9. The van der Waals surface area contributed by atoms with Gasteiger partial charge in [0.15, 0.2) is 0 Å². The fraction of sp³-hybridized carbons (Fsp3) is 0.647. The van der Waals surface area contributed by atoms with Crippen LogP contribution in [-0.2, 0) is 20.0 Å². The van der Waals surface area contributed by atoms with Gasteiger partial charge in [-0.2, -0.15) is 0 Å². The van der Waals surface area contributed by atoms with Gasteiger partial charge in [0.1, 0.15) is 0 Å². The summed E-state index contributed by atoms with van der Waals surface area (Å²) in [4.78, 5) is 2.20. The first-order chi connectivity index (χ1) is 12.0. The van der Waals surface area contributed by atoms with E-state index in [1.165, 1.54) is 4.31 Å². The van der Waals surface area contributed by atoms with Gasteiger partial charge in [0.2, 0.25) is 20.0 Å². The van der Waals surface area contributed by atoms with Crippen LogP contribution in [0.15, 0.2) is 17.0 Å². The zero-order valence-electron chi connectivity index (χ0n) is 15.9. The number of anilines is 1. The van der Waals surface area contributed by atoms with Crippen LogP contribution in [0.2, 0.25) is 0 Å². The van der Waals surface area contributed by atoms with E-state index in [1.54, 1.807) is 26.0 Å². The Kier molecular flexibility index (Phi) is 6.70. The van der Waals surface area contributed by atoms with Crippen LogP contribution in [0.3, 0.4) is 0 Å². The normalized spacial score (nSPS) is 17.7. The second kappa shape index (κ2) is 8.24. The molecule has 148 valence electrons. The van der Waals surface area contributed by atoms with E-state index in [-0.39, 0.29) is 10.6 Å². The lowest BCUT2D eigenvalue weighted by molar-refractivity contribution is 0.400. The third-order valence-corrected chi connectivity index (χ3v) is 7.93. The van der Waals surface area contributed by atoms with Crippen LogP contribution in [0.1, 0.15) is 30.4 Å². The molecule has 1 N–H and O–H groups in total. The predicted octanol–water partition coefficient (Wildman–Crippen LogP) is 1.46. The minimum atomic E-state index is -3.62. The summed E-state index contributed by atoms with van der Waals surface area (Å²) in [5.74, 6) is 0.138. The van der Waals surface area contributed by atoms with Crippen molar-refractivity contribution in [3.05, 3.63) is 23.3 Å². The Morgan fingerprint density at radius 1 is 1.15 bits per heavy atom. The van der Waals surface area contributed by atoms with E-state index in [4.69, 9.17) is 0 Å². The van der Waals surface area contributed by atoms with Crippen LogP contribution in [-0.4, -0.2) is 61.2 Å². The van der Waals surface area contributed by atoms with Crippen molar-refractivity contribution in [3.8, 4) is 0 Å². The van der Waals surface area contributed by atoms with Gasteiger partial charge in [0.05, 0.1) is 16.3 Å². The number of aryl methyl sites for hydroxylation is 2. The smallest absolute Gasteiger partial charge is 0.240 e. The van der Waals surface area contributed by atoms with Crippen LogP contribution in [0, 0.1) is 13.8 Å². The molecule has 0 bridgehead atoms. The lowest BCUT2D eigenvalue weighted by Gasteiger charge is -2.30. The Labute approximate surface area is 157 Å². The predicted molar refractivity (Wildman–Crippen MR) is 105 cm³/mol. The van der Waals surface area contributed by atoms with Gasteiger partial charge in [-0.25, -0.2) is 21.6 Å². The van der Waals surface area contributed by atoms with Crippen molar-refractivity contribution in [2.45, 2.75) is 38.0 Å². The SMILES string of the molecule is Cc1cc(S(=O)(=O)NCCCN(C)C)c(C)cc1N1CCCCS1(=O)=O. The topological polar surface area (TPSA) is 86.8 Å². The molecular formula is C17H29N3O4S2. The minimum absolute atomic E-state index is 0.138. The summed E-state index contributed by atoms with van der Waals surface area (Å²) in [6, 6.07) is 3.25. The van der Waals surface area contributed by atoms with E-state index in [0.717, 1.165) is 13.0 Å². The molecule has 0 unspecified atom stereocenters. The van der Waals surface area contributed by atoms with Gasteiger partial charge in [0.25, 0.3) is 0 Å². The number of hydrogen-bond donors (Lipinski definition) is 1. The average Bonchev–Trinajstić information content (AvgIpc) is 2.53. The van der Waals surface area contributed by atoms with Gasteiger partial charge in [0, 0.05) is 13.1 Å². The molecule has 1 aromatic carbocycles. The summed E-state index contributed by atoms with van der Waals surface area (Å²) in [5.41, 5.74) is 1.77. The van der Waals surface area contributed by atoms with Crippen LogP contribution in [0.25, 0.3) is 0 Å². The zero-order chi connectivity index (χ0) is 19.5. The highest BCUT2D eigenvalue weighted by molar-refractivity contribution is 7.92. The van der Waals surface area contributed by atoms with E-state index >= 15 is 0 Å². The molecule has 1 aromatic rings. The maximum atomic E-state index is 12.6. The molecule has 0 aromatic heterocycles. The van der Waals surface area contributed by atoms with Crippen LogP contribution >= 0.6 is 0 Å². The number of nitrogens with one attached hydrogen (secondary N) is 1. The molecule has 2 rings (SSSR count). The Morgan fingerprint density at radius 2 is 1.85 bits per heavy atom. The molecule has 0 aliphatic carbocycles. The standard InChI is InChI=1S/C17H29N3O4S2/c1-14-13-17(26(23,24)18-8-7-9-19(3)4)15(2)12-16(14)20-10-5-6-11-25(20,21)22/h12-13,18H,5-11H2,1-4H3. The number of rotatable bonds is 7. The lowest BCUT2D eigenvalue weighted by atomic mass is 10.1. The van der Waals surface area contributed by atoms with Gasteiger partial charge in [-0.05, 0) is 77.0 Å². The number of hydrogen-bond acceptors (Lipinski definition) is 5. The Bertz CT molecular complexity index is 849. The molecule has 1 aliphatic heterocycles. The summed E-state index contributed by atoms with van der Waals surface area (Å²) >= 11 is 0. The minimum Gasteiger partial charge on any atom is -0.309 e. The second-order valence-electron chi connectivity index (χ2n) is 7.05. The highest BCUT2D eigenvalue weighted by Gasteiger charge is 2.28. The van der Waals surface area contributed by atoms with Gasteiger partial charge in [-0.15, -0.1) is 0 Å². The van der Waals surface area contributed by atoms with E-state index in [0.29, 0.717) is 42.7 Å². The molecule has 26 heavy (non-hydrogen) atoms. The Hall–Kier alpha value is -1.16. The molecule has 9 heteroatoms. The molecule has 0 spiro atoms. The summed E-state index contributed by atoms with van der Waals surface area (Å²) in [7, 11) is -3.07. The molecule has 1 fully saturated rings. The largest absolute Gasteiger partial charge is 0.309 e. The molecular weight excluding hydrogens is 374 g/mol. The monoisotopic (exact) mass is 403 g/mol. The molecule has 1 aliphatic rings. The van der Waals surface area contributed by atoms with Crippen molar-refractivity contribution in [3.63, 3.8) is 0 Å². The summed E-state index contributed by atoms with van der Waals surface area (Å²) in [6.45, 7) is 5.06. The van der Waals surface area contributed by atoms with E-state index in [9.17, 15) is 16.8 Å². The maximum Gasteiger partial charge on any atom is 0.240 e. The second-order valence-corrected chi connectivity index (χ2v) is 10.8. The van der Waals surface area contributed by atoms with Gasteiger partial charge < -0.3 is 4.90 Å². The Balaban J connectivity index is 2.26. The third-order valence-electron chi connectivity index (χ3n) is 4.48. The highest BCUT2D eigenvalue weighted by atomic mass is 32.2. The first-order valence-electron chi connectivity index (χ1n) is 8.80. The van der Waals surface area contributed by atoms with Crippen molar-refractivity contribution in [2.75, 3.05) is 43.8 Å². The highest BCUT2D eigenvalue weighted by Crippen LogP contribution is 2.31. The van der Waals surface area contributed by atoms with Crippen molar-refractivity contribution in [1.82, 2.24) is 9.62 Å². The number of sulfonamides is 2. The molecule has 1 saturated heterocycles. The fourth-order valence-electron chi connectivity index (χ4n) is 3.07. The summed E-state index contributed by atoms with van der Waals surface area (Å²) in [6.07, 6.45) is 2.19. The third kappa shape index (κ3) is 4.97. The van der Waals surface area contributed by atoms with Crippen molar-refractivity contribution < 1.29 is 16.8 Å². The molecule has 7 nitrogen and oxygen atoms in total. The lowest BCUT2D eigenvalue weighted by Crippen LogP contribution is -2.38. The summed E-state index contributed by atoms with van der Waals surface area (Å²) < 4.78 is 54.0. The quantitative estimate of drug-likeness (QED) is 0.697. The number of benzene rings is 1. The van der Waals surface area contributed by atoms with E-state index < -0.39 is 20.0 Å². The van der Waals surface area contributed by atoms with Crippen molar-refractivity contribution in [2.24, 2.45) is 0 Å². The van der Waals surface area contributed by atoms with Crippen LogP contribution in [0.5, 0.6) is 0 Å². The zero-order valence-corrected chi connectivity index (χ0v) is 17.6.